The van der Waals surface area contributed by atoms with E-state index in [2.05, 4.69) is 15.5 Å². The summed E-state index contributed by atoms with van der Waals surface area (Å²) < 4.78 is 43.7. The van der Waals surface area contributed by atoms with Crippen molar-refractivity contribution in [2.45, 2.75) is 12.2 Å². The third-order valence-corrected chi connectivity index (χ3v) is 5.23. The summed E-state index contributed by atoms with van der Waals surface area (Å²) in [7, 11) is 0. The highest BCUT2D eigenvalue weighted by Crippen LogP contribution is 2.30. The maximum absolute atomic E-state index is 12.8. The second kappa shape index (κ2) is 9.38. The largest absolute Gasteiger partial charge is 0.416 e. The molecular weight excluding hydrogens is 407 g/mol. The number of hydrogen-bond acceptors (Lipinski definition) is 5. The van der Waals surface area contributed by atoms with Crippen molar-refractivity contribution in [1.82, 2.24) is 10.2 Å². The minimum Gasteiger partial charge on any atom is -0.379 e. The number of ether oxygens (including phenoxy) is 1. The van der Waals surface area contributed by atoms with Crippen LogP contribution in [0.15, 0.2) is 41.1 Å². The van der Waals surface area contributed by atoms with E-state index < -0.39 is 23.6 Å². The normalized spacial score (nSPS) is 16.2. The van der Waals surface area contributed by atoms with Gasteiger partial charge in [-0.1, -0.05) is 6.07 Å². The molecule has 156 valence electrons. The Morgan fingerprint density at radius 1 is 1.17 bits per heavy atom. The zero-order valence-electron chi connectivity index (χ0n) is 15.4. The fourth-order valence-electron chi connectivity index (χ4n) is 3.04. The standard InChI is InChI=1S/C19H20F3N3O3S/c20-19(21,22)14-2-1-3-15(10-14)24-18(27)17(26)23-11-16(13-4-9-29-12-13)25-5-7-28-8-6-25/h1-4,9-10,12,16H,5-8,11H2,(H,23,26)(H,24,27). The van der Waals surface area contributed by atoms with Crippen LogP contribution in [0.1, 0.15) is 17.2 Å². The summed E-state index contributed by atoms with van der Waals surface area (Å²) in [6.07, 6.45) is -4.53. The van der Waals surface area contributed by atoms with Crippen LogP contribution in [0.25, 0.3) is 0 Å². The molecule has 0 radical (unpaired) electrons. The Hall–Kier alpha value is -2.43. The number of morpholine rings is 1. The first-order valence-electron chi connectivity index (χ1n) is 8.95. The van der Waals surface area contributed by atoms with Crippen molar-refractivity contribution in [2.75, 3.05) is 38.2 Å². The highest BCUT2D eigenvalue weighted by molar-refractivity contribution is 7.08. The van der Waals surface area contributed by atoms with Crippen molar-refractivity contribution in [2.24, 2.45) is 0 Å². The number of amides is 2. The Bertz CT molecular complexity index is 837. The molecule has 1 saturated heterocycles. The van der Waals surface area contributed by atoms with E-state index in [9.17, 15) is 22.8 Å². The molecule has 2 amide bonds. The van der Waals surface area contributed by atoms with Crippen LogP contribution in [0.2, 0.25) is 0 Å². The van der Waals surface area contributed by atoms with Crippen molar-refractivity contribution >= 4 is 28.8 Å². The first kappa shape index (κ1) is 21.3. The van der Waals surface area contributed by atoms with E-state index in [1.165, 1.54) is 23.5 Å². The van der Waals surface area contributed by atoms with E-state index in [0.717, 1.165) is 17.7 Å². The number of benzene rings is 1. The number of carbonyl (C=O) groups excluding carboxylic acids is 2. The molecule has 1 aliphatic heterocycles. The van der Waals surface area contributed by atoms with Crippen LogP contribution in [0, 0.1) is 0 Å². The van der Waals surface area contributed by atoms with Crippen molar-refractivity contribution in [3.63, 3.8) is 0 Å². The number of nitrogens with zero attached hydrogens (tertiary/aromatic N) is 1. The summed E-state index contributed by atoms with van der Waals surface area (Å²) in [6.45, 7) is 2.78. The Kier molecular flexibility index (Phi) is 6.88. The van der Waals surface area contributed by atoms with E-state index in [4.69, 9.17) is 4.74 Å². The summed E-state index contributed by atoms with van der Waals surface area (Å²) >= 11 is 1.54. The molecule has 0 aliphatic carbocycles. The molecule has 0 saturated carbocycles. The summed E-state index contributed by atoms with van der Waals surface area (Å²) in [6, 6.07) is 5.98. The van der Waals surface area contributed by atoms with Gasteiger partial charge in [0, 0.05) is 25.3 Å². The molecule has 10 heteroatoms. The number of alkyl halides is 3. The molecule has 1 aliphatic rings. The van der Waals surface area contributed by atoms with Gasteiger partial charge in [0.1, 0.15) is 0 Å². The monoisotopic (exact) mass is 427 g/mol. The molecule has 0 spiro atoms. The van der Waals surface area contributed by atoms with Crippen molar-refractivity contribution in [1.29, 1.82) is 0 Å². The number of halogens is 3. The second-order valence-electron chi connectivity index (χ2n) is 6.46. The fourth-order valence-corrected chi connectivity index (χ4v) is 3.75. The van der Waals surface area contributed by atoms with E-state index in [-0.39, 0.29) is 18.3 Å². The zero-order chi connectivity index (χ0) is 20.9. The van der Waals surface area contributed by atoms with Gasteiger partial charge >= 0.3 is 18.0 Å². The number of anilines is 1. The summed E-state index contributed by atoms with van der Waals surface area (Å²) in [5.41, 5.74) is 0.0265. The molecule has 29 heavy (non-hydrogen) atoms. The lowest BCUT2D eigenvalue weighted by atomic mass is 10.1. The minimum absolute atomic E-state index is 0.0949. The first-order chi connectivity index (χ1) is 13.8. The Morgan fingerprint density at radius 3 is 2.59 bits per heavy atom. The smallest absolute Gasteiger partial charge is 0.379 e. The Morgan fingerprint density at radius 2 is 1.93 bits per heavy atom. The lowest BCUT2D eigenvalue weighted by Gasteiger charge is -2.34. The number of carbonyl (C=O) groups is 2. The molecular formula is C19H20F3N3O3S. The van der Waals surface area contributed by atoms with E-state index in [1.807, 2.05) is 16.8 Å². The van der Waals surface area contributed by atoms with E-state index >= 15 is 0 Å². The average Bonchev–Trinajstić information content (AvgIpc) is 3.23. The van der Waals surface area contributed by atoms with Gasteiger partial charge < -0.3 is 15.4 Å². The SMILES string of the molecule is O=C(NCC(c1ccsc1)N1CCOCC1)C(=O)Nc1cccc(C(F)(F)F)c1. The maximum Gasteiger partial charge on any atom is 0.416 e. The highest BCUT2D eigenvalue weighted by atomic mass is 32.1. The quantitative estimate of drug-likeness (QED) is 0.720. The number of thiophene rings is 1. The van der Waals surface area contributed by atoms with E-state index in [0.29, 0.717) is 26.3 Å². The van der Waals surface area contributed by atoms with Gasteiger partial charge in [-0.15, -0.1) is 0 Å². The molecule has 3 rings (SSSR count). The fraction of sp³-hybridized carbons (Fsp3) is 0.368. The molecule has 2 heterocycles. The van der Waals surface area contributed by atoms with E-state index in [1.54, 1.807) is 0 Å². The molecule has 1 aromatic carbocycles. The molecule has 1 fully saturated rings. The van der Waals surface area contributed by atoms with Crippen molar-refractivity contribution in [3.8, 4) is 0 Å². The van der Waals surface area contributed by atoms with Crippen LogP contribution in [0.5, 0.6) is 0 Å². The molecule has 0 bridgehead atoms. The molecule has 1 unspecified atom stereocenters. The molecule has 1 atom stereocenters. The topological polar surface area (TPSA) is 70.7 Å². The predicted octanol–water partition coefficient (Wildman–Crippen LogP) is 2.90. The van der Waals surface area contributed by atoms with Gasteiger partial charge in [-0.3, -0.25) is 14.5 Å². The van der Waals surface area contributed by atoms with Gasteiger partial charge in [0.05, 0.1) is 24.8 Å². The maximum atomic E-state index is 12.8. The van der Waals surface area contributed by atoms with Gasteiger partial charge in [0.2, 0.25) is 0 Å². The highest BCUT2D eigenvalue weighted by Gasteiger charge is 2.31. The second-order valence-corrected chi connectivity index (χ2v) is 7.24. The zero-order valence-corrected chi connectivity index (χ0v) is 16.2. The van der Waals surface area contributed by atoms with Gasteiger partial charge in [-0.05, 0) is 40.6 Å². The van der Waals surface area contributed by atoms with Crippen molar-refractivity contribution in [3.05, 3.63) is 52.2 Å². The van der Waals surface area contributed by atoms with Crippen LogP contribution in [-0.2, 0) is 20.5 Å². The number of hydrogen-bond donors (Lipinski definition) is 2. The predicted molar refractivity (Wildman–Crippen MR) is 103 cm³/mol. The van der Waals surface area contributed by atoms with Crippen LogP contribution in [0.3, 0.4) is 0 Å². The summed E-state index contributed by atoms with van der Waals surface area (Å²) in [5.74, 6) is -1.92. The van der Waals surface area contributed by atoms with Crippen molar-refractivity contribution < 1.29 is 27.5 Å². The van der Waals surface area contributed by atoms with Crippen LogP contribution in [0.4, 0.5) is 18.9 Å². The molecule has 2 N–H and O–H groups in total. The van der Waals surface area contributed by atoms with Gasteiger partial charge in [-0.2, -0.15) is 24.5 Å². The molecule has 2 aromatic rings. The number of nitrogens with one attached hydrogen (secondary N) is 2. The third-order valence-electron chi connectivity index (χ3n) is 4.52. The van der Waals surface area contributed by atoms with Crippen LogP contribution >= 0.6 is 11.3 Å². The van der Waals surface area contributed by atoms with Gasteiger partial charge in [0.15, 0.2) is 0 Å². The Balaban J connectivity index is 1.60. The number of rotatable bonds is 5. The molecule has 6 nitrogen and oxygen atoms in total. The summed E-state index contributed by atoms with van der Waals surface area (Å²) in [4.78, 5) is 26.5. The average molecular weight is 427 g/mol. The lowest BCUT2D eigenvalue weighted by molar-refractivity contribution is -0.137. The minimum atomic E-state index is -4.53. The van der Waals surface area contributed by atoms with Crippen LogP contribution < -0.4 is 10.6 Å². The lowest BCUT2D eigenvalue weighted by Crippen LogP contribution is -2.45. The Labute approximate surface area is 169 Å². The van der Waals surface area contributed by atoms with Gasteiger partial charge in [0.25, 0.3) is 0 Å². The third kappa shape index (κ3) is 5.78. The molecule has 1 aromatic heterocycles. The first-order valence-corrected chi connectivity index (χ1v) is 9.89. The van der Waals surface area contributed by atoms with Crippen LogP contribution in [-0.4, -0.2) is 49.6 Å². The van der Waals surface area contributed by atoms with Gasteiger partial charge in [-0.25, -0.2) is 0 Å². The summed E-state index contributed by atoms with van der Waals surface area (Å²) in [5, 5.41) is 8.71.